The first-order valence-corrected chi connectivity index (χ1v) is 7.39. The molecule has 0 unspecified atom stereocenters. The number of carbonyl (C=O) groups is 1. The van der Waals surface area contributed by atoms with Crippen LogP contribution < -0.4 is 0 Å². The van der Waals surface area contributed by atoms with E-state index in [1.807, 2.05) is 5.70 Å². The highest BCUT2D eigenvalue weighted by Crippen LogP contribution is 2.01. The lowest BCUT2D eigenvalue weighted by molar-refractivity contribution is -0.137. The summed E-state index contributed by atoms with van der Waals surface area (Å²) in [7, 11) is -1.23. The summed E-state index contributed by atoms with van der Waals surface area (Å²) in [6.07, 6.45) is 1.54. The van der Waals surface area contributed by atoms with Crippen molar-refractivity contribution in [3.05, 3.63) is 11.8 Å². The molecule has 0 aliphatic carbocycles. The van der Waals surface area contributed by atoms with Crippen molar-refractivity contribution in [2.24, 2.45) is 0 Å². The molecule has 0 spiro atoms. The summed E-state index contributed by atoms with van der Waals surface area (Å²) in [4.78, 5) is 10.8. The number of esters is 1. The van der Waals surface area contributed by atoms with Gasteiger partial charge in [-0.25, -0.2) is 4.79 Å². The summed E-state index contributed by atoms with van der Waals surface area (Å²) >= 11 is 0. The predicted octanol–water partition coefficient (Wildman–Crippen LogP) is 1.98. The first-order valence-electron chi connectivity index (χ1n) is 3.81. The van der Waals surface area contributed by atoms with Gasteiger partial charge in [-0.15, -0.1) is 0 Å². The lowest BCUT2D eigenvalue weighted by Crippen LogP contribution is -2.16. The van der Waals surface area contributed by atoms with Crippen molar-refractivity contribution in [3.63, 3.8) is 0 Å². The summed E-state index contributed by atoms with van der Waals surface area (Å²) in [5.74, 6) is -0.227. The molecule has 0 N–H and O–H groups in total. The van der Waals surface area contributed by atoms with Gasteiger partial charge in [0.25, 0.3) is 0 Å². The molecule has 64 valence electrons. The second kappa shape index (κ2) is 4.33. The molecule has 0 heterocycles. The lowest BCUT2D eigenvalue weighted by Gasteiger charge is -2.07. The van der Waals surface area contributed by atoms with Crippen LogP contribution in [0.15, 0.2) is 11.8 Å². The zero-order chi connectivity index (χ0) is 8.91. The molecule has 0 amide bonds. The summed E-state index contributed by atoms with van der Waals surface area (Å²) in [5.41, 5.74) is 1.98. The Hall–Kier alpha value is -0.573. The van der Waals surface area contributed by atoms with E-state index in [1.54, 1.807) is 6.92 Å². The Morgan fingerprint density at radius 3 is 2.36 bits per heavy atom. The average molecular weight is 172 g/mol. The fourth-order valence-corrected chi connectivity index (χ4v) is 1.14. The van der Waals surface area contributed by atoms with E-state index in [4.69, 9.17) is 4.74 Å². The third-order valence-corrected chi connectivity index (χ3v) is 2.17. The topological polar surface area (TPSA) is 26.3 Å². The molecule has 0 aromatic rings. The minimum Gasteiger partial charge on any atom is -0.463 e. The molecule has 0 atom stereocenters. The SMILES string of the molecule is CCOC(=O)/C=C/[Si](C)(C)C. The fourth-order valence-electron chi connectivity index (χ4n) is 0.508. The van der Waals surface area contributed by atoms with Crippen LogP contribution in [0, 0.1) is 0 Å². The van der Waals surface area contributed by atoms with Gasteiger partial charge in [0.05, 0.1) is 14.7 Å². The van der Waals surface area contributed by atoms with Crippen LogP contribution in [-0.4, -0.2) is 20.7 Å². The molecule has 0 aliphatic rings. The molecule has 0 rings (SSSR count). The molecule has 0 aliphatic heterocycles. The normalized spacial score (nSPS) is 12.0. The Bertz CT molecular complexity index is 156. The molecule has 0 saturated heterocycles. The zero-order valence-corrected chi connectivity index (χ0v) is 8.68. The molecule has 0 aromatic heterocycles. The average Bonchev–Trinajstić information content (AvgIpc) is 1.83. The maximum absolute atomic E-state index is 10.8. The van der Waals surface area contributed by atoms with Gasteiger partial charge >= 0.3 is 5.97 Å². The number of ether oxygens (including phenoxy) is 1. The summed E-state index contributed by atoms with van der Waals surface area (Å²) in [6, 6.07) is 0. The van der Waals surface area contributed by atoms with Crippen LogP contribution in [-0.2, 0) is 9.53 Å². The molecule has 0 radical (unpaired) electrons. The molecule has 0 fully saturated rings. The van der Waals surface area contributed by atoms with Crippen LogP contribution in [0.1, 0.15) is 6.92 Å². The Morgan fingerprint density at radius 1 is 1.45 bits per heavy atom. The quantitative estimate of drug-likeness (QED) is 0.370. The summed E-state index contributed by atoms with van der Waals surface area (Å²) < 4.78 is 4.73. The molecular weight excluding hydrogens is 156 g/mol. The Labute approximate surface area is 69.3 Å². The third-order valence-electron chi connectivity index (χ3n) is 1.01. The lowest BCUT2D eigenvalue weighted by atomic mass is 10.6. The molecule has 3 heteroatoms. The maximum atomic E-state index is 10.8. The van der Waals surface area contributed by atoms with Gasteiger partial charge < -0.3 is 4.74 Å². The molecule has 0 aromatic carbocycles. The second-order valence-electron chi connectivity index (χ2n) is 3.45. The minimum atomic E-state index is -1.23. The fraction of sp³-hybridized carbons (Fsp3) is 0.625. The van der Waals surface area contributed by atoms with Crippen molar-refractivity contribution in [1.29, 1.82) is 0 Å². The maximum Gasteiger partial charge on any atom is 0.330 e. The molecule has 0 saturated carbocycles. The van der Waals surface area contributed by atoms with E-state index >= 15 is 0 Å². The molecular formula is C8H16O2Si. The van der Waals surface area contributed by atoms with Gasteiger partial charge in [-0.1, -0.05) is 25.3 Å². The van der Waals surface area contributed by atoms with Crippen LogP contribution in [0.3, 0.4) is 0 Å². The monoisotopic (exact) mass is 172 g/mol. The van der Waals surface area contributed by atoms with Gasteiger partial charge in [0.2, 0.25) is 0 Å². The van der Waals surface area contributed by atoms with Gasteiger partial charge in [0.15, 0.2) is 0 Å². The van der Waals surface area contributed by atoms with E-state index in [-0.39, 0.29) is 5.97 Å². The van der Waals surface area contributed by atoms with Crippen molar-refractivity contribution < 1.29 is 9.53 Å². The van der Waals surface area contributed by atoms with Crippen LogP contribution in [0.4, 0.5) is 0 Å². The van der Waals surface area contributed by atoms with Crippen LogP contribution >= 0.6 is 0 Å². The van der Waals surface area contributed by atoms with Crippen molar-refractivity contribution in [1.82, 2.24) is 0 Å². The van der Waals surface area contributed by atoms with E-state index in [2.05, 4.69) is 19.6 Å². The molecule has 2 nitrogen and oxygen atoms in total. The highest BCUT2D eigenvalue weighted by Gasteiger charge is 2.07. The smallest absolute Gasteiger partial charge is 0.330 e. The summed E-state index contributed by atoms with van der Waals surface area (Å²) in [6.45, 7) is 8.77. The Morgan fingerprint density at radius 2 is 2.00 bits per heavy atom. The first kappa shape index (κ1) is 10.4. The highest BCUT2D eigenvalue weighted by molar-refractivity contribution is 6.81. The number of carbonyl (C=O) groups excluding carboxylic acids is 1. The van der Waals surface area contributed by atoms with E-state index in [0.717, 1.165) is 0 Å². The molecule has 11 heavy (non-hydrogen) atoms. The largest absolute Gasteiger partial charge is 0.463 e. The van der Waals surface area contributed by atoms with E-state index < -0.39 is 8.07 Å². The second-order valence-corrected chi connectivity index (χ2v) is 8.52. The van der Waals surface area contributed by atoms with Crippen LogP contribution in [0.2, 0.25) is 19.6 Å². The standard InChI is InChI=1S/C8H16O2Si/c1-5-10-8(9)6-7-11(2,3)4/h6-7H,5H2,1-4H3/b7-6+. The van der Waals surface area contributed by atoms with Gasteiger partial charge in [-0.05, 0) is 6.92 Å². The van der Waals surface area contributed by atoms with Crippen molar-refractivity contribution in [2.75, 3.05) is 6.61 Å². The van der Waals surface area contributed by atoms with E-state index in [1.165, 1.54) is 6.08 Å². The van der Waals surface area contributed by atoms with Gasteiger partial charge in [0.1, 0.15) is 0 Å². The number of hydrogen-bond acceptors (Lipinski definition) is 2. The third kappa shape index (κ3) is 7.32. The predicted molar refractivity (Wildman–Crippen MR) is 49.1 cm³/mol. The number of rotatable bonds is 3. The van der Waals surface area contributed by atoms with Crippen molar-refractivity contribution in [3.8, 4) is 0 Å². The Kier molecular flexibility index (Phi) is 4.11. The summed E-state index contributed by atoms with van der Waals surface area (Å²) in [5, 5.41) is 0. The van der Waals surface area contributed by atoms with Crippen molar-refractivity contribution >= 4 is 14.0 Å². The Balaban J connectivity index is 3.83. The first-order chi connectivity index (χ1) is 4.95. The zero-order valence-electron chi connectivity index (χ0n) is 7.68. The van der Waals surface area contributed by atoms with Gasteiger partial charge in [-0.3, -0.25) is 0 Å². The van der Waals surface area contributed by atoms with E-state index in [0.29, 0.717) is 6.61 Å². The van der Waals surface area contributed by atoms with Gasteiger partial charge in [0, 0.05) is 6.08 Å². The van der Waals surface area contributed by atoms with Crippen LogP contribution in [0.5, 0.6) is 0 Å². The number of hydrogen-bond donors (Lipinski definition) is 0. The molecule has 0 bridgehead atoms. The van der Waals surface area contributed by atoms with E-state index in [9.17, 15) is 4.79 Å². The highest BCUT2D eigenvalue weighted by atomic mass is 28.3. The van der Waals surface area contributed by atoms with Crippen LogP contribution in [0.25, 0.3) is 0 Å². The van der Waals surface area contributed by atoms with Gasteiger partial charge in [-0.2, -0.15) is 0 Å². The van der Waals surface area contributed by atoms with Crippen molar-refractivity contribution in [2.45, 2.75) is 26.6 Å². The minimum absolute atomic E-state index is 0.227.